The number of hydrogen-bond donors (Lipinski definition) is 1. The number of quaternary nitrogens is 1. The third-order valence-corrected chi connectivity index (χ3v) is 4.51. The lowest BCUT2D eigenvalue weighted by Crippen LogP contribution is -2.60. The highest BCUT2D eigenvalue weighted by atomic mass is 16.3. The highest BCUT2D eigenvalue weighted by molar-refractivity contribution is 4.78. The van der Waals surface area contributed by atoms with Crippen molar-refractivity contribution >= 4 is 0 Å². The zero-order valence-corrected chi connectivity index (χ0v) is 9.41. The van der Waals surface area contributed by atoms with Crippen molar-refractivity contribution in [1.29, 1.82) is 0 Å². The Bertz CT molecular complexity index is 189. The van der Waals surface area contributed by atoms with Gasteiger partial charge in [-0.05, 0) is 38.5 Å². The topological polar surface area (TPSA) is 20.2 Å². The molecule has 2 aliphatic rings. The smallest absolute Gasteiger partial charge is 0.0917 e. The van der Waals surface area contributed by atoms with E-state index in [0.717, 1.165) is 18.4 Å². The average Bonchev–Trinajstić information content (AvgIpc) is 2.18. The van der Waals surface area contributed by atoms with Gasteiger partial charge in [-0.1, -0.05) is 0 Å². The van der Waals surface area contributed by atoms with Gasteiger partial charge in [0, 0.05) is 12.5 Å². The van der Waals surface area contributed by atoms with Crippen LogP contribution < -0.4 is 0 Å². The van der Waals surface area contributed by atoms with Crippen LogP contribution in [0.3, 0.4) is 0 Å². The number of aliphatic hydroxyl groups is 1. The van der Waals surface area contributed by atoms with E-state index in [1.54, 1.807) is 0 Å². The average molecular weight is 198 g/mol. The van der Waals surface area contributed by atoms with Crippen LogP contribution in [0.15, 0.2) is 0 Å². The van der Waals surface area contributed by atoms with Gasteiger partial charge in [0.2, 0.25) is 0 Å². The highest BCUT2D eigenvalue weighted by Crippen LogP contribution is 2.37. The molecule has 0 saturated carbocycles. The summed E-state index contributed by atoms with van der Waals surface area (Å²) in [5.41, 5.74) is 0. The molecular weight excluding hydrogens is 174 g/mol. The second-order valence-electron chi connectivity index (χ2n) is 5.40. The second-order valence-corrected chi connectivity index (χ2v) is 5.40. The predicted octanol–water partition coefficient (Wildman–Crippen LogP) is 1.78. The molecule has 0 bridgehead atoms. The molecule has 2 heteroatoms. The molecule has 0 aromatic carbocycles. The normalized spacial score (nSPS) is 43.3. The van der Waals surface area contributed by atoms with Crippen LogP contribution in [0.2, 0.25) is 0 Å². The van der Waals surface area contributed by atoms with E-state index >= 15 is 0 Å². The Morgan fingerprint density at radius 1 is 1.14 bits per heavy atom. The van der Waals surface area contributed by atoms with Crippen LogP contribution in [0.1, 0.15) is 38.5 Å². The molecule has 2 saturated heterocycles. The molecule has 0 aliphatic carbocycles. The molecule has 3 atom stereocenters. The molecule has 0 spiro atoms. The Kier molecular flexibility index (Phi) is 3.13. The van der Waals surface area contributed by atoms with E-state index < -0.39 is 0 Å². The molecule has 82 valence electrons. The van der Waals surface area contributed by atoms with Gasteiger partial charge in [0.05, 0.1) is 26.2 Å². The van der Waals surface area contributed by atoms with Gasteiger partial charge >= 0.3 is 0 Å². The van der Waals surface area contributed by atoms with Crippen LogP contribution >= 0.6 is 0 Å². The summed E-state index contributed by atoms with van der Waals surface area (Å²) in [6, 6.07) is 0.865. The van der Waals surface area contributed by atoms with Crippen LogP contribution in [0.25, 0.3) is 0 Å². The van der Waals surface area contributed by atoms with Crippen LogP contribution in [0, 0.1) is 5.92 Å². The summed E-state index contributed by atoms with van der Waals surface area (Å²) in [6.45, 7) is 3.15. The lowest BCUT2D eigenvalue weighted by Gasteiger charge is -2.51. The quantitative estimate of drug-likeness (QED) is 0.671. The summed E-state index contributed by atoms with van der Waals surface area (Å²) >= 11 is 0. The van der Waals surface area contributed by atoms with Crippen LogP contribution in [-0.4, -0.2) is 42.4 Å². The summed E-state index contributed by atoms with van der Waals surface area (Å²) in [6.07, 6.45) is 8.01. The van der Waals surface area contributed by atoms with Crippen molar-refractivity contribution in [2.75, 3.05) is 26.7 Å². The summed E-state index contributed by atoms with van der Waals surface area (Å²) in [7, 11) is 2.44. The van der Waals surface area contributed by atoms with Crippen molar-refractivity contribution in [3.05, 3.63) is 0 Å². The standard InChI is InChI=1S/C12H24NO/c1-13-8-3-2-6-12(13)11(7-10-14)5-4-9-13/h11-12,14H,2-10H2,1H3/q+1. The molecule has 2 nitrogen and oxygen atoms in total. The zero-order valence-electron chi connectivity index (χ0n) is 9.41. The number of aliphatic hydroxyl groups excluding tert-OH is 1. The fourth-order valence-corrected chi connectivity index (χ4v) is 3.74. The fraction of sp³-hybridized carbons (Fsp3) is 1.00. The van der Waals surface area contributed by atoms with Gasteiger partial charge in [-0.25, -0.2) is 0 Å². The first-order valence-corrected chi connectivity index (χ1v) is 6.21. The maximum atomic E-state index is 9.09. The first-order valence-electron chi connectivity index (χ1n) is 6.21. The van der Waals surface area contributed by atoms with E-state index in [2.05, 4.69) is 7.05 Å². The van der Waals surface area contributed by atoms with E-state index in [1.807, 2.05) is 0 Å². The molecule has 2 heterocycles. The van der Waals surface area contributed by atoms with Crippen molar-refractivity contribution in [3.8, 4) is 0 Å². The molecule has 14 heavy (non-hydrogen) atoms. The number of piperidine rings is 2. The van der Waals surface area contributed by atoms with Crippen molar-refractivity contribution in [2.45, 2.75) is 44.6 Å². The van der Waals surface area contributed by atoms with Crippen LogP contribution in [0.4, 0.5) is 0 Å². The summed E-state index contributed by atoms with van der Waals surface area (Å²) in [4.78, 5) is 0. The predicted molar refractivity (Wildman–Crippen MR) is 58.0 cm³/mol. The van der Waals surface area contributed by atoms with Gasteiger partial charge in [-0.2, -0.15) is 0 Å². The lowest BCUT2D eigenvalue weighted by atomic mass is 9.80. The molecule has 0 aromatic heterocycles. The number of hydrogen-bond acceptors (Lipinski definition) is 1. The summed E-state index contributed by atoms with van der Waals surface area (Å²) in [5, 5.41) is 9.09. The maximum absolute atomic E-state index is 9.09. The third-order valence-electron chi connectivity index (χ3n) is 4.51. The SMILES string of the molecule is C[N+]12CCCCC1C(CCO)CCC2. The Hall–Kier alpha value is -0.0800. The fourth-order valence-electron chi connectivity index (χ4n) is 3.74. The molecule has 0 radical (unpaired) electrons. The highest BCUT2D eigenvalue weighted by Gasteiger charge is 2.42. The Balaban J connectivity index is 2.06. The van der Waals surface area contributed by atoms with Crippen molar-refractivity contribution in [2.24, 2.45) is 5.92 Å². The van der Waals surface area contributed by atoms with Gasteiger partial charge < -0.3 is 9.59 Å². The third kappa shape index (κ3) is 1.82. The molecular formula is C12H24NO+. The number of fused-ring (bicyclic) bond motifs is 1. The van der Waals surface area contributed by atoms with E-state index in [-0.39, 0.29) is 0 Å². The molecule has 1 N–H and O–H groups in total. The first-order chi connectivity index (χ1) is 6.76. The largest absolute Gasteiger partial charge is 0.396 e. The second kappa shape index (κ2) is 4.19. The Morgan fingerprint density at radius 2 is 1.93 bits per heavy atom. The van der Waals surface area contributed by atoms with Gasteiger partial charge in [0.15, 0.2) is 0 Å². The van der Waals surface area contributed by atoms with Crippen molar-refractivity contribution in [3.63, 3.8) is 0 Å². The van der Waals surface area contributed by atoms with E-state index in [4.69, 9.17) is 5.11 Å². The van der Waals surface area contributed by atoms with Crippen molar-refractivity contribution in [1.82, 2.24) is 0 Å². The van der Waals surface area contributed by atoms with Crippen LogP contribution in [0.5, 0.6) is 0 Å². The molecule has 3 unspecified atom stereocenters. The molecule has 0 amide bonds. The first kappa shape index (κ1) is 10.4. The minimum atomic E-state index is 0.390. The van der Waals surface area contributed by atoms with E-state index in [9.17, 15) is 0 Å². The van der Waals surface area contributed by atoms with Gasteiger partial charge in [-0.3, -0.25) is 0 Å². The maximum Gasteiger partial charge on any atom is 0.0917 e. The minimum absolute atomic E-state index is 0.390. The minimum Gasteiger partial charge on any atom is -0.396 e. The van der Waals surface area contributed by atoms with Gasteiger partial charge in [0.1, 0.15) is 0 Å². The monoisotopic (exact) mass is 198 g/mol. The molecule has 2 rings (SSSR count). The lowest BCUT2D eigenvalue weighted by molar-refractivity contribution is -0.947. The number of nitrogens with zero attached hydrogens (tertiary/aromatic N) is 1. The number of rotatable bonds is 2. The van der Waals surface area contributed by atoms with E-state index in [1.165, 1.54) is 49.7 Å². The molecule has 0 aromatic rings. The Morgan fingerprint density at radius 3 is 2.71 bits per heavy atom. The molecule has 2 fully saturated rings. The van der Waals surface area contributed by atoms with E-state index in [0.29, 0.717) is 6.61 Å². The Labute approximate surface area is 87.5 Å². The van der Waals surface area contributed by atoms with Crippen molar-refractivity contribution < 1.29 is 9.59 Å². The van der Waals surface area contributed by atoms with Crippen LogP contribution in [-0.2, 0) is 0 Å². The molecule has 2 aliphatic heterocycles. The van der Waals surface area contributed by atoms with Gasteiger partial charge in [-0.15, -0.1) is 0 Å². The summed E-state index contributed by atoms with van der Waals surface area (Å²) < 4.78 is 1.31. The zero-order chi connectivity index (χ0) is 10.0. The summed E-state index contributed by atoms with van der Waals surface area (Å²) in [5.74, 6) is 0.805. The van der Waals surface area contributed by atoms with Gasteiger partial charge in [0.25, 0.3) is 0 Å².